The molecule has 140 valence electrons. The van der Waals surface area contributed by atoms with Crippen LogP contribution in [0.5, 0.6) is 0 Å². The number of furan rings is 1. The smallest absolute Gasteiger partial charge is 0.339 e. The van der Waals surface area contributed by atoms with Crippen LogP contribution in [0, 0.1) is 0 Å². The van der Waals surface area contributed by atoms with Crippen molar-refractivity contribution in [2.75, 3.05) is 7.11 Å². The molecular formula is C19H11ClN2O5S. The normalized spacial score (nSPS) is 15.3. The van der Waals surface area contributed by atoms with Gasteiger partial charge < -0.3 is 9.15 Å². The van der Waals surface area contributed by atoms with Gasteiger partial charge in [-0.05, 0) is 35.5 Å². The van der Waals surface area contributed by atoms with E-state index in [0.29, 0.717) is 27.9 Å². The molecule has 28 heavy (non-hydrogen) atoms. The number of rotatable bonds is 3. The number of benzene rings is 1. The molecule has 1 aliphatic heterocycles. The van der Waals surface area contributed by atoms with Crippen LogP contribution >= 0.6 is 23.4 Å². The van der Waals surface area contributed by atoms with Gasteiger partial charge in [-0.3, -0.25) is 19.9 Å². The number of esters is 1. The Kier molecular flexibility index (Phi) is 4.66. The molecule has 1 N–H and O–H groups in total. The summed E-state index contributed by atoms with van der Waals surface area (Å²) in [5, 5.41) is 2.74. The van der Waals surface area contributed by atoms with Crippen LogP contribution in [0.25, 0.3) is 28.2 Å². The van der Waals surface area contributed by atoms with Gasteiger partial charge in [-0.15, -0.1) is 0 Å². The Morgan fingerprint density at radius 2 is 2.11 bits per heavy atom. The molecular weight excluding hydrogens is 404 g/mol. The first-order valence-electron chi connectivity index (χ1n) is 7.97. The van der Waals surface area contributed by atoms with E-state index in [9.17, 15) is 14.4 Å². The molecule has 4 rings (SSSR count). The minimum Gasteiger partial charge on any atom is -0.465 e. The number of carbonyl (C=O) groups excluding carboxylic acids is 3. The maximum atomic E-state index is 11.9. The lowest BCUT2D eigenvalue weighted by atomic mass is 10.0. The Labute approximate surface area is 167 Å². The zero-order chi connectivity index (χ0) is 19.8. The van der Waals surface area contributed by atoms with Crippen molar-refractivity contribution < 1.29 is 23.5 Å². The van der Waals surface area contributed by atoms with Crippen molar-refractivity contribution in [3.05, 3.63) is 57.9 Å². The molecule has 0 aliphatic carbocycles. The summed E-state index contributed by atoms with van der Waals surface area (Å²) in [4.78, 5) is 39.4. The maximum Gasteiger partial charge on any atom is 0.339 e. The van der Waals surface area contributed by atoms with Crippen molar-refractivity contribution in [2.24, 2.45) is 0 Å². The number of methoxy groups -OCH3 is 1. The topological polar surface area (TPSA) is 98.5 Å². The summed E-state index contributed by atoms with van der Waals surface area (Å²) < 4.78 is 10.6. The summed E-state index contributed by atoms with van der Waals surface area (Å²) in [6.07, 6.45) is 4.72. The van der Waals surface area contributed by atoms with Gasteiger partial charge in [-0.2, -0.15) is 0 Å². The fraction of sp³-hybridized carbons (Fsp3) is 0.0526. The average molecular weight is 415 g/mol. The third-order valence-corrected chi connectivity index (χ3v) is 5.18. The minimum absolute atomic E-state index is 0.227. The molecule has 1 aromatic carbocycles. The second kappa shape index (κ2) is 7.14. The van der Waals surface area contributed by atoms with Crippen molar-refractivity contribution in [3.8, 4) is 11.1 Å². The highest BCUT2D eigenvalue weighted by atomic mass is 35.5. The first-order chi connectivity index (χ1) is 13.5. The Morgan fingerprint density at radius 1 is 1.29 bits per heavy atom. The van der Waals surface area contributed by atoms with E-state index in [1.54, 1.807) is 36.7 Å². The van der Waals surface area contributed by atoms with Crippen molar-refractivity contribution in [1.29, 1.82) is 0 Å². The molecule has 1 aliphatic rings. The average Bonchev–Trinajstić information content (AvgIpc) is 3.23. The molecule has 2 aromatic heterocycles. The lowest BCUT2D eigenvalue weighted by molar-refractivity contribution is -0.115. The van der Waals surface area contributed by atoms with Crippen LogP contribution in [0.15, 0.2) is 46.0 Å². The molecule has 1 fully saturated rings. The minimum atomic E-state index is -0.550. The second-order valence-electron chi connectivity index (χ2n) is 5.79. The van der Waals surface area contributed by atoms with Gasteiger partial charge in [0.2, 0.25) is 0 Å². The number of pyridine rings is 1. The highest BCUT2D eigenvalue weighted by molar-refractivity contribution is 8.18. The molecule has 3 aromatic rings. The molecule has 0 atom stereocenters. The van der Waals surface area contributed by atoms with Gasteiger partial charge in [0, 0.05) is 29.4 Å². The van der Waals surface area contributed by atoms with Crippen LogP contribution in [0.4, 0.5) is 4.79 Å². The van der Waals surface area contributed by atoms with E-state index < -0.39 is 17.1 Å². The largest absolute Gasteiger partial charge is 0.465 e. The monoisotopic (exact) mass is 414 g/mol. The number of carbonyl (C=O) groups is 3. The maximum absolute atomic E-state index is 11.9. The Bertz CT molecular complexity index is 1180. The van der Waals surface area contributed by atoms with E-state index in [1.165, 1.54) is 13.2 Å². The molecule has 0 saturated carbocycles. The number of halogens is 1. The number of thioether (sulfide) groups is 1. The molecule has 3 heterocycles. The first kappa shape index (κ1) is 18.3. The van der Waals surface area contributed by atoms with E-state index in [-0.39, 0.29) is 15.5 Å². The van der Waals surface area contributed by atoms with Crippen molar-refractivity contribution in [1.82, 2.24) is 10.3 Å². The van der Waals surface area contributed by atoms with Gasteiger partial charge >= 0.3 is 5.97 Å². The fourth-order valence-corrected chi connectivity index (χ4v) is 3.63. The van der Waals surface area contributed by atoms with Crippen LogP contribution in [0.2, 0.25) is 5.02 Å². The first-order valence-corrected chi connectivity index (χ1v) is 9.16. The summed E-state index contributed by atoms with van der Waals surface area (Å²) in [7, 11) is 1.28. The van der Waals surface area contributed by atoms with E-state index in [4.69, 9.17) is 20.8 Å². The molecule has 2 amide bonds. The van der Waals surface area contributed by atoms with Gasteiger partial charge in [-0.1, -0.05) is 17.7 Å². The number of nitrogens with zero attached hydrogens (tertiary/aromatic N) is 1. The van der Waals surface area contributed by atoms with Crippen LogP contribution in [-0.2, 0) is 9.53 Å². The lowest BCUT2D eigenvalue weighted by Gasteiger charge is -2.06. The molecule has 0 unspecified atom stereocenters. The summed E-state index contributed by atoms with van der Waals surface area (Å²) in [6.45, 7) is 0. The SMILES string of the molecule is COC(=O)c1cc(-c2cncc3cc(/C=C4/SC(=O)NC4=O)oc23)ccc1Cl. The van der Waals surface area contributed by atoms with Crippen molar-refractivity contribution in [3.63, 3.8) is 0 Å². The van der Waals surface area contributed by atoms with E-state index >= 15 is 0 Å². The summed E-state index contributed by atoms with van der Waals surface area (Å²) in [5.74, 6) is -0.612. The van der Waals surface area contributed by atoms with Crippen molar-refractivity contribution in [2.45, 2.75) is 0 Å². The Balaban J connectivity index is 1.80. The van der Waals surface area contributed by atoms with Crippen molar-refractivity contribution >= 4 is 57.5 Å². The predicted molar refractivity (Wildman–Crippen MR) is 105 cm³/mol. The third-order valence-electron chi connectivity index (χ3n) is 4.04. The van der Waals surface area contributed by atoms with Crippen LogP contribution in [-0.4, -0.2) is 29.2 Å². The number of ether oxygens (including phenoxy) is 1. The number of hydrogen-bond acceptors (Lipinski definition) is 7. The zero-order valence-electron chi connectivity index (χ0n) is 14.3. The number of amides is 2. The number of fused-ring (bicyclic) bond motifs is 1. The molecule has 0 bridgehead atoms. The Hall–Kier alpha value is -3.10. The second-order valence-corrected chi connectivity index (χ2v) is 7.21. The number of imide groups is 1. The third kappa shape index (κ3) is 3.28. The summed E-state index contributed by atoms with van der Waals surface area (Å²) in [5.41, 5.74) is 2.06. The van der Waals surface area contributed by atoms with Gasteiger partial charge in [0.1, 0.15) is 11.3 Å². The quantitative estimate of drug-likeness (QED) is 0.505. The van der Waals surface area contributed by atoms with Gasteiger partial charge in [-0.25, -0.2) is 4.79 Å². The van der Waals surface area contributed by atoms with Crippen LogP contribution in [0.3, 0.4) is 0 Å². The van der Waals surface area contributed by atoms with Gasteiger partial charge in [0.15, 0.2) is 0 Å². The molecule has 0 radical (unpaired) electrons. The number of hydrogen-bond donors (Lipinski definition) is 1. The number of nitrogens with one attached hydrogen (secondary N) is 1. The van der Waals surface area contributed by atoms with Gasteiger partial charge in [0.05, 0.1) is 22.6 Å². The molecule has 0 spiro atoms. The molecule has 1 saturated heterocycles. The van der Waals surface area contributed by atoms with Gasteiger partial charge in [0.25, 0.3) is 11.1 Å². The van der Waals surface area contributed by atoms with Crippen LogP contribution < -0.4 is 5.32 Å². The summed E-state index contributed by atoms with van der Waals surface area (Å²) >= 11 is 6.89. The standard InChI is InChI=1S/C19H11ClN2O5S/c1-26-18(24)12-5-9(2-3-14(12)20)13-8-21-7-10-4-11(27-16(10)13)6-15-17(23)22-19(25)28-15/h2-8H,1H3,(H,22,23,25)/b15-6+. The predicted octanol–water partition coefficient (Wildman–Crippen LogP) is 4.26. The lowest BCUT2D eigenvalue weighted by Crippen LogP contribution is -2.17. The fourth-order valence-electron chi connectivity index (χ4n) is 2.77. The summed E-state index contributed by atoms with van der Waals surface area (Å²) in [6, 6.07) is 6.65. The number of aromatic nitrogens is 1. The van der Waals surface area contributed by atoms with E-state index in [0.717, 1.165) is 11.8 Å². The molecule has 7 nitrogen and oxygen atoms in total. The van der Waals surface area contributed by atoms with E-state index in [2.05, 4.69) is 10.3 Å². The van der Waals surface area contributed by atoms with Crippen LogP contribution in [0.1, 0.15) is 16.1 Å². The molecule has 9 heteroatoms. The zero-order valence-corrected chi connectivity index (χ0v) is 15.9. The van der Waals surface area contributed by atoms with E-state index in [1.807, 2.05) is 0 Å². The highest BCUT2D eigenvalue weighted by Gasteiger charge is 2.25. The highest BCUT2D eigenvalue weighted by Crippen LogP contribution is 2.34. The Morgan fingerprint density at radius 3 is 2.82 bits per heavy atom.